The minimum absolute atomic E-state index is 0.0539. The van der Waals surface area contributed by atoms with Gasteiger partial charge < -0.3 is 0 Å². The fourth-order valence-electron chi connectivity index (χ4n) is 7.49. The summed E-state index contributed by atoms with van der Waals surface area (Å²) in [6, 6.07) is 14.4. The van der Waals surface area contributed by atoms with E-state index in [1.165, 1.54) is 11.1 Å². The van der Waals surface area contributed by atoms with E-state index in [4.69, 9.17) is 0 Å². The molecule has 0 N–H and O–H groups in total. The molecule has 0 radical (unpaired) electrons. The number of hydrogen-bond donors (Lipinski definition) is 0. The maximum atomic E-state index is 3.00. The van der Waals surface area contributed by atoms with Crippen LogP contribution in [0.3, 0.4) is 0 Å². The first-order valence-corrected chi connectivity index (χ1v) is 42.2. The van der Waals surface area contributed by atoms with Crippen LogP contribution in [0.15, 0.2) is 47.5 Å². The molecular weight excluding hydrogens is 579 g/mol. The van der Waals surface area contributed by atoms with Crippen molar-refractivity contribution in [2.75, 3.05) is 0 Å². The number of allylic oxidation sites excluding steroid dienone is 2. The molecule has 0 nitrogen and oxygen atoms in total. The molecule has 5 heteroatoms. The Hall–Kier alpha value is -0.342. The van der Waals surface area contributed by atoms with Gasteiger partial charge in [0.05, 0.1) is 0 Å². The number of hydrogen-bond acceptors (Lipinski definition) is 0. The molecule has 0 spiro atoms. The van der Waals surface area contributed by atoms with Gasteiger partial charge in [-0.05, 0) is 0 Å². The van der Waals surface area contributed by atoms with E-state index in [-0.39, 0.29) is 4.53 Å². The van der Waals surface area contributed by atoms with E-state index in [0.717, 1.165) is 7.35 Å². The molecule has 3 aliphatic rings. The van der Waals surface area contributed by atoms with Gasteiger partial charge in [0.2, 0.25) is 0 Å². The molecule has 0 bridgehead atoms. The zero-order valence-electron chi connectivity index (χ0n) is 18.9. The molecule has 1 heterocycles. The van der Waals surface area contributed by atoms with E-state index in [2.05, 4.69) is 85.6 Å². The van der Waals surface area contributed by atoms with Crippen LogP contribution in [-0.4, -0.2) is 30.2 Å². The first-order chi connectivity index (χ1) is 13.7. The normalized spacial score (nSPS) is 25.8. The molecule has 2 aliphatic carbocycles. The molecule has 2 atom stereocenters. The van der Waals surface area contributed by atoms with E-state index in [9.17, 15) is 0 Å². The first kappa shape index (κ1) is 20.6. The van der Waals surface area contributed by atoms with Crippen molar-refractivity contribution < 1.29 is 17.1 Å². The Morgan fingerprint density at radius 3 is 1.55 bits per heavy atom. The predicted molar refractivity (Wildman–Crippen MR) is 138 cm³/mol. The minimum atomic E-state index is -3.30. The number of benzene rings is 2. The third-order valence-corrected chi connectivity index (χ3v) is 224. The fourth-order valence-corrected chi connectivity index (χ4v) is 369. The van der Waals surface area contributed by atoms with Gasteiger partial charge in [-0.1, -0.05) is 0 Å². The Morgan fingerprint density at radius 2 is 1.17 bits per heavy atom. The summed E-state index contributed by atoms with van der Waals surface area (Å²) in [7, 11) is 1.27. The summed E-state index contributed by atoms with van der Waals surface area (Å²) in [5.74, 6) is 0. The summed E-state index contributed by atoms with van der Waals surface area (Å²) < 4.78 is 7.70. The average Bonchev–Trinajstić information content (AvgIpc) is 3.12. The third-order valence-electron chi connectivity index (χ3n) is 8.84. The number of fused-ring (bicyclic) bond motifs is 2. The molecule has 0 amide bonds. The van der Waals surface area contributed by atoms with Gasteiger partial charge in [-0.3, -0.25) is 0 Å². The second kappa shape index (κ2) is 6.83. The van der Waals surface area contributed by atoms with Crippen LogP contribution in [0.5, 0.6) is 0 Å². The van der Waals surface area contributed by atoms with Gasteiger partial charge in [-0.2, -0.15) is 0 Å². The molecule has 2 unspecified atom stereocenters. The van der Waals surface area contributed by atoms with Crippen molar-refractivity contribution in [1.82, 2.24) is 0 Å². The molecule has 1 saturated heterocycles. The van der Waals surface area contributed by atoms with Gasteiger partial charge in [-0.25, -0.2) is 0 Å². The van der Waals surface area contributed by atoms with E-state index >= 15 is 0 Å². The zero-order chi connectivity index (χ0) is 20.6. The van der Waals surface area contributed by atoms with Crippen LogP contribution in [0, 0.1) is 13.8 Å². The summed E-state index contributed by atoms with van der Waals surface area (Å²) in [6.07, 6.45) is 5.20. The second-order valence-corrected chi connectivity index (χ2v) is 101. The van der Waals surface area contributed by atoms with Crippen molar-refractivity contribution in [1.29, 1.82) is 0 Å². The Morgan fingerprint density at radius 1 is 0.724 bits per heavy atom. The molecular formula is C24H34HfSi4. The molecule has 2 aromatic rings. The summed E-state index contributed by atoms with van der Waals surface area (Å²) in [5.41, 5.74) is 13.1. The van der Waals surface area contributed by atoms with Crippen LogP contribution in [0.25, 0.3) is 12.2 Å². The fraction of sp³-hybridized carbons (Fsp3) is 0.333. The van der Waals surface area contributed by atoms with E-state index in [0.29, 0.717) is 25.7 Å². The van der Waals surface area contributed by atoms with E-state index in [1.54, 1.807) is 33.4 Å². The molecule has 0 aromatic heterocycles. The van der Waals surface area contributed by atoms with Gasteiger partial charge in [-0.15, -0.1) is 0 Å². The Bertz CT molecular complexity index is 1110. The maximum absolute atomic E-state index is 3.30. The Labute approximate surface area is 183 Å². The van der Waals surface area contributed by atoms with Crippen LogP contribution in [0.1, 0.15) is 54.6 Å². The topological polar surface area (TPSA) is 0 Å². The Kier molecular flexibility index (Phi) is 4.84. The van der Waals surface area contributed by atoms with Crippen LogP contribution >= 0.6 is 0 Å². The number of aryl methyl sites for hydroxylation is 2. The van der Waals surface area contributed by atoms with Gasteiger partial charge in [0.25, 0.3) is 0 Å². The van der Waals surface area contributed by atoms with Crippen LogP contribution in [-0.2, 0) is 17.1 Å². The van der Waals surface area contributed by atoms with Crippen LogP contribution in [0.2, 0.25) is 9.36 Å². The Balaban J connectivity index is 1.84. The third kappa shape index (κ3) is 2.73. The van der Waals surface area contributed by atoms with Crippen molar-refractivity contribution in [2.24, 2.45) is 0 Å². The van der Waals surface area contributed by atoms with Gasteiger partial charge in [0, 0.05) is 0 Å². The first-order valence-electron chi connectivity index (χ1n) is 11.3. The standard InChI is InChI=1S/2C11H11.2CH3.Hf.H6Si4/c2*1-8-6-10-5-3-4-9(2)11(10)7-8;;;;1-2-4-3-1/h2*3-7H,1-2H3;2*1H3;;1-3H2. The zero-order valence-corrected chi connectivity index (χ0v) is 27.7. The van der Waals surface area contributed by atoms with Crippen molar-refractivity contribution in [3.05, 3.63) is 80.9 Å². The van der Waals surface area contributed by atoms with Crippen molar-refractivity contribution in [3.63, 3.8) is 0 Å². The van der Waals surface area contributed by atoms with E-state index < -0.39 is 17.1 Å². The van der Waals surface area contributed by atoms with E-state index in [1.807, 2.05) is 0 Å². The van der Waals surface area contributed by atoms with Gasteiger partial charge >= 0.3 is 185 Å². The van der Waals surface area contributed by atoms with Crippen LogP contribution < -0.4 is 0 Å². The van der Waals surface area contributed by atoms with Gasteiger partial charge in [0.15, 0.2) is 0 Å². The summed E-state index contributed by atoms with van der Waals surface area (Å²) in [6.45, 7) is 9.66. The monoisotopic (exact) mass is 614 g/mol. The molecule has 5 rings (SSSR count). The van der Waals surface area contributed by atoms with Crippen molar-refractivity contribution in [2.45, 2.75) is 44.4 Å². The molecule has 1 fully saturated rings. The summed E-state index contributed by atoms with van der Waals surface area (Å²) in [4.78, 5) is 0. The summed E-state index contributed by atoms with van der Waals surface area (Å²) >= 11 is -3.30. The van der Waals surface area contributed by atoms with Crippen LogP contribution in [0.4, 0.5) is 0 Å². The molecule has 150 valence electrons. The molecule has 0 saturated carbocycles. The number of rotatable bonds is 2. The SMILES string of the molecule is CC1=Cc2c(C)cccc2[CH]1[Hf]([CH3])([CH3])([CH]1C(C)=Cc2c(C)cccc21)=[Si]1[SiH2][SiH2][SiH2]1. The average molecular weight is 613 g/mol. The van der Waals surface area contributed by atoms with Crippen molar-refractivity contribution >= 4 is 42.3 Å². The second-order valence-electron chi connectivity index (χ2n) is 10.9. The summed E-state index contributed by atoms with van der Waals surface area (Å²) in [5, 5.41) is 0. The molecule has 2 aromatic carbocycles. The van der Waals surface area contributed by atoms with Crippen molar-refractivity contribution in [3.8, 4) is 0 Å². The molecule has 29 heavy (non-hydrogen) atoms. The quantitative estimate of drug-likeness (QED) is 0.449. The van der Waals surface area contributed by atoms with Gasteiger partial charge in [0.1, 0.15) is 0 Å². The predicted octanol–water partition coefficient (Wildman–Crippen LogP) is 4.04. The molecule has 1 aliphatic heterocycles.